The maximum absolute atomic E-state index is 13.3. The van der Waals surface area contributed by atoms with Crippen LogP contribution in [0.25, 0.3) is 11.3 Å². The van der Waals surface area contributed by atoms with Crippen LogP contribution in [-0.4, -0.2) is 22.7 Å². The summed E-state index contributed by atoms with van der Waals surface area (Å²) in [6.45, 7) is 4.30. The Morgan fingerprint density at radius 1 is 1.07 bits per heavy atom. The van der Waals surface area contributed by atoms with Crippen LogP contribution in [0, 0.1) is 5.41 Å². The van der Waals surface area contributed by atoms with Crippen molar-refractivity contribution in [3.8, 4) is 17.0 Å². The minimum absolute atomic E-state index is 0.0707. The molecule has 0 radical (unpaired) electrons. The number of methoxy groups -OCH3 is 1. The summed E-state index contributed by atoms with van der Waals surface area (Å²) in [4.78, 5) is 13.3. The Morgan fingerprint density at radius 2 is 1.80 bits per heavy atom. The fraction of sp³-hybridized carbons (Fsp3) is 0.280. The molecule has 1 aliphatic heterocycles. The molecule has 1 aliphatic carbocycles. The Morgan fingerprint density at radius 3 is 2.57 bits per heavy atom. The van der Waals surface area contributed by atoms with Gasteiger partial charge in [0.25, 0.3) is 0 Å². The molecule has 2 heterocycles. The van der Waals surface area contributed by atoms with E-state index in [1.165, 1.54) is 0 Å². The SMILES string of the molecule is COc1ccccc1[C@H]1C2=C(CC(C)(C)CC2=O)Nc2cc(-c3ccccc3)nn21. The third-order valence-corrected chi connectivity index (χ3v) is 5.96. The van der Waals surface area contributed by atoms with Gasteiger partial charge in [-0.05, 0) is 17.9 Å². The van der Waals surface area contributed by atoms with Gasteiger partial charge < -0.3 is 10.1 Å². The van der Waals surface area contributed by atoms with Crippen molar-refractivity contribution in [2.75, 3.05) is 12.4 Å². The summed E-state index contributed by atoms with van der Waals surface area (Å²) in [5.74, 6) is 1.83. The van der Waals surface area contributed by atoms with Gasteiger partial charge in [-0.1, -0.05) is 62.4 Å². The maximum Gasteiger partial charge on any atom is 0.163 e. The van der Waals surface area contributed by atoms with Crippen molar-refractivity contribution in [3.63, 3.8) is 0 Å². The molecule has 0 fully saturated rings. The summed E-state index contributed by atoms with van der Waals surface area (Å²) in [5.41, 5.74) is 4.60. The van der Waals surface area contributed by atoms with Crippen LogP contribution >= 0.6 is 0 Å². The maximum atomic E-state index is 13.3. The highest BCUT2D eigenvalue weighted by atomic mass is 16.5. The number of ether oxygens (including phenoxy) is 1. The Labute approximate surface area is 176 Å². The number of Topliss-reactive ketones (excluding diaryl/α,β-unsaturated/α-hetero) is 1. The number of hydrogen-bond donors (Lipinski definition) is 1. The van der Waals surface area contributed by atoms with E-state index in [0.717, 1.165) is 46.1 Å². The molecule has 1 atom stereocenters. The molecule has 30 heavy (non-hydrogen) atoms. The number of benzene rings is 2. The van der Waals surface area contributed by atoms with Crippen molar-refractivity contribution < 1.29 is 9.53 Å². The van der Waals surface area contributed by atoms with Crippen LogP contribution < -0.4 is 10.1 Å². The number of para-hydroxylation sites is 1. The topological polar surface area (TPSA) is 56.1 Å². The lowest BCUT2D eigenvalue weighted by molar-refractivity contribution is -0.118. The van der Waals surface area contributed by atoms with Gasteiger partial charge in [0, 0.05) is 34.9 Å². The number of carbonyl (C=O) groups excluding carboxylic acids is 1. The summed E-state index contributed by atoms with van der Waals surface area (Å²) in [6.07, 6.45) is 1.35. The predicted molar refractivity (Wildman–Crippen MR) is 117 cm³/mol. The minimum atomic E-state index is -0.312. The third-order valence-electron chi connectivity index (χ3n) is 5.96. The van der Waals surface area contributed by atoms with Crippen LogP contribution in [0.4, 0.5) is 5.82 Å². The van der Waals surface area contributed by atoms with E-state index >= 15 is 0 Å². The number of fused-ring (bicyclic) bond motifs is 1. The van der Waals surface area contributed by atoms with Crippen molar-refractivity contribution in [2.24, 2.45) is 5.41 Å². The number of carbonyl (C=O) groups is 1. The van der Waals surface area contributed by atoms with E-state index in [2.05, 4.69) is 25.2 Å². The first kappa shape index (κ1) is 18.7. The summed E-state index contributed by atoms with van der Waals surface area (Å²) in [7, 11) is 1.67. The average Bonchev–Trinajstić information content (AvgIpc) is 3.15. The molecule has 2 aliphatic rings. The molecular formula is C25H25N3O2. The average molecular weight is 399 g/mol. The lowest BCUT2D eigenvalue weighted by Crippen LogP contribution is -2.36. The van der Waals surface area contributed by atoms with Crippen LogP contribution in [-0.2, 0) is 4.79 Å². The van der Waals surface area contributed by atoms with E-state index in [1.54, 1.807) is 7.11 Å². The fourth-order valence-corrected chi connectivity index (χ4v) is 4.65. The van der Waals surface area contributed by atoms with Gasteiger partial charge in [-0.25, -0.2) is 4.68 Å². The number of nitrogens with one attached hydrogen (secondary N) is 1. The van der Waals surface area contributed by atoms with Crippen molar-refractivity contribution >= 4 is 11.6 Å². The van der Waals surface area contributed by atoms with E-state index in [4.69, 9.17) is 9.84 Å². The molecule has 5 rings (SSSR count). The highest BCUT2D eigenvalue weighted by molar-refractivity contribution is 6.00. The van der Waals surface area contributed by atoms with Crippen molar-refractivity contribution in [1.29, 1.82) is 0 Å². The van der Waals surface area contributed by atoms with Gasteiger partial charge in [-0.2, -0.15) is 5.10 Å². The number of hydrogen-bond acceptors (Lipinski definition) is 4. The standard InChI is InChI=1S/C25H25N3O2/c1-25(2)14-19-23(20(29)15-25)24(17-11-7-8-12-21(17)30-3)28-22(26-19)13-18(27-28)16-9-5-4-6-10-16/h4-13,24,26H,14-15H2,1-3H3/t24-/m0/s1. The Kier molecular flexibility index (Phi) is 4.28. The second-order valence-corrected chi connectivity index (χ2v) is 8.83. The number of anilines is 1. The van der Waals surface area contributed by atoms with Crippen molar-refractivity contribution in [3.05, 3.63) is 77.5 Å². The monoisotopic (exact) mass is 399 g/mol. The number of aromatic nitrogens is 2. The second-order valence-electron chi connectivity index (χ2n) is 8.83. The first-order valence-electron chi connectivity index (χ1n) is 10.3. The Hall–Kier alpha value is -3.34. The normalized spacial score (nSPS) is 19.7. The lowest BCUT2D eigenvalue weighted by atomic mass is 9.73. The molecule has 0 saturated heterocycles. The van der Waals surface area contributed by atoms with Gasteiger partial charge in [0.2, 0.25) is 0 Å². The van der Waals surface area contributed by atoms with E-state index in [9.17, 15) is 4.79 Å². The largest absolute Gasteiger partial charge is 0.496 e. The number of rotatable bonds is 3. The Balaban J connectivity index is 1.72. The quantitative estimate of drug-likeness (QED) is 0.656. The molecule has 1 aromatic heterocycles. The van der Waals surface area contributed by atoms with E-state index in [1.807, 2.05) is 59.3 Å². The zero-order valence-electron chi connectivity index (χ0n) is 17.5. The zero-order chi connectivity index (χ0) is 20.9. The van der Waals surface area contributed by atoms with Crippen molar-refractivity contribution in [2.45, 2.75) is 32.7 Å². The molecule has 5 nitrogen and oxygen atoms in total. The van der Waals surface area contributed by atoms with Crippen LogP contribution in [0.1, 0.15) is 38.3 Å². The van der Waals surface area contributed by atoms with Crippen LogP contribution in [0.2, 0.25) is 0 Å². The van der Waals surface area contributed by atoms with Crippen molar-refractivity contribution in [1.82, 2.24) is 9.78 Å². The molecule has 0 bridgehead atoms. The highest BCUT2D eigenvalue weighted by Gasteiger charge is 2.42. The van der Waals surface area contributed by atoms with Gasteiger partial charge in [0.05, 0.1) is 12.8 Å². The molecule has 0 spiro atoms. The van der Waals surface area contributed by atoms with E-state index in [0.29, 0.717) is 6.42 Å². The summed E-state index contributed by atoms with van der Waals surface area (Å²) in [6, 6.07) is 19.8. The molecule has 5 heteroatoms. The Bertz CT molecular complexity index is 1160. The van der Waals surface area contributed by atoms with Gasteiger partial charge >= 0.3 is 0 Å². The van der Waals surface area contributed by atoms with Crippen LogP contribution in [0.5, 0.6) is 5.75 Å². The summed E-state index contributed by atoms with van der Waals surface area (Å²) >= 11 is 0. The number of nitrogens with zero attached hydrogens (tertiary/aromatic N) is 2. The second kappa shape index (κ2) is 6.87. The lowest BCUT2D eigenvalue weighted by Gasteiger charge is -2.39. The first-order valence-corrected chi connectivity index (χ1v) is 10.3. The smallest absolute Gasteiger partial charge is 0.163 e. The molecule has 2 aromatic carbocycles. The highest BCUT2D eigenvalue weighted by Crippen LogP contribution is 2.47. The van der Waals surface area contributed by atoms with Gasteiger partial charge in [0.15, 0.2) is 5.78 Å². The molecule has 0 saturated carbocycles. The molecule has 3 aromatic rings. The molecule has 0 unspecified atom stereocenters. The van der Waals surface area contributed by atoms with Gasteiger partial charge in [0.1, 0.15) is 17.6 Å². The van der Waals surface area contributed by atoms with Gasteiger partial charge in [-0.15, -0.1) is 0 Å². The zero-order valence-corrected chi connectivity index (χ0v) is 17.5. The number of allylic oxidation sites excluding steroid dienone is 2. The summed E-state index contributed by atoms with van der Waals surface area (Å²) in [5, 5.41) is 8.46. The minimum Gasteiger partial charge on any atom is -0.496 e. The van der Waals surface area contributed by atoms with E-state index < -0.39 is 0 Å². The number of ketones is 1. The molecule has 152 valence electrons. The van der Waals surface area contributed by atoms with Gasteiger partial charge in [-0.3, -0.25) is 4.79 Å². The molecule has 0 amide bonds. The van der Waals surface area contributed by atoms with E-state index in [-0.39, 0.29) is 17.2 Å². The third kappa shape index (κ3) is 3.02. The molecule has 1 N–H and O–H groups in total. The van der Waals surface area contributed by atoms with Crippen LogP contribution in [0.3, 0.4) is 0 Å². The molecular weight excluding hydrogens is 374 g/mol. The first-order chi connectivity index (χ1) is 14.5. The van der Waals surface area contributed by atoms with Crippen LogP contribution in [0.15, 0.2) is 71.9 Å². The summed E-state index contributed by atoms with van der Waals surface area (Å²) < 4.78 is 7.61. The predicted octanol–water partition coefficient (Wildman–Crippen LogP) is 5.22. The fourth-order valence-electron chi connectivity index (χ4n) is 4.65.